The number of nitrogens with zero attached hydrogens (tertiary/aromatic N) is 1. The van der Waals surface area contributed by atoms with Crippen molar-refractivity contribution in [2.75, 3.05) is 18.5 Å². The summed E-state index contributed by atoms with van der Waals surface area (Å²) in [6.45, 7) is 6.57. The maximum Gasteiger partial charge on any atom is 0.254 e. The molecule has 20 heavy (non-hydrogen) atoms. The van der Waals surface area contributed by atoms with Crippen molar-refractivity contribution in [1.82, 2.24) is 4.90 Å². The Balaban J connectivity index is 2.10. The van der Waals surface area contributed by atoms with E-state index in [0.29, 0.717) is 24.4 Å². The number of nitrogens with one attached hydrogen (secondary N) is 1. The molecule has 1 heterocycles. The summed E-state index contributed by atoms with van der Waals surface area (Å²) >= 11 is 0. The zero-order chi connectivity index (χ0) is 14.7. The van der Waals surface area contributed by atoms with Crippen LogP contribution in [0.1, 0.15) is 31.1 Å². The van der Waals surface area contributed by atoms with E-state index >= 15 is 0 Å². The van der Waals surface area contributed by atoms with Gasteiger partial charge in [0.15, 0.2) is 0 Å². The minimum absolute atomic E-state index is 0.00188. The fraction of sp³-hybridized carbons (Fsp3) is 0.467. The second-order valence-corrected chi connectivity index (χ2v) is 5.21. The number of amides is 2. The fourth-order valence-electron chi connectivity index (χ4n) is 2.25. The van der Waals surface area contributed by atoms with Gasteiger partial charge in [-0.25, -0.2) is 0 Å². The fourth-order valence-corrected chi connectivity index (χ4v) is 2.25. The third-order valence-corrected chi connectivity index (χ3v) is 3.32. The van der Waals surface area contributed by atoms with E-state index in [9.17, 15) is 9.59 Å². The van der Waals surface area contributed by atoms with Gasteiger partial charge >= 0.3 is 0 Å². The van der Waals surface area contributed by atoms with Crippen LogP contribution >= 0.6 is 0 Å². The lowest BCUT2D eigenvalue weighted by Crippen LogP contribution is -2.50. The molecule has 0 aliphatic carbocycles. The predicted octanol–water partition coefficient (Wildman–Crippen LogP) is 1.89. The van der Waals surface area contributed by atoms with Crippen molar-refractivity contribution < 1.29 is 14.3 Å². The maximum absolute atomic E-state index is 12.5. The molecule has 0 bridgehead atoms. The first-order valence-corrected chi connectivity index (χ1v) is 6.77. The molecular weight excluding hydrogens is 256 g/mol. The normalized spacial score (nSPS) is 22.4. The molecule has 1 aliphatic rings. The molecule has 1 aliphatic heterocycles. The lowest BCUT2D eigenvalue weighted by atomic mass is 10.1. The Morgan fingerprint density at radius 2 is 1.90 bits per heavy atom. The summed E-state index contributed by atoms with van der Waals surface area (Å²) in [5.74, 6) is -0.123. The number of morpholine rings is 1. The Kier molecular flexibility index (Phi) is 4.39. The van der Waals surface area contributed by atoms with Gasteiger partial charge in [0.1, 0.15) is 0 Å². The van der Waals surface area contributed by atoms with Crippen LogP contribution in [0, 0.1) is 0 Å². The van der Waals surface area contributed by atoms with Gasteiger partial charge in [0.2, 0.25) is 5.91 Å². The van der Waals surface area contributed by atoms with Gasteiger partial charge in [0, 0.05) is 24.7 Å². The van der Waals surface area contributed by atoms with E-state index in [1.807, 2.05) is 18.7 Å². The van der Waals surface area contributed by atoms with Crippen LogP contribution in [0.4, 0.5) is 5.69 Å². The van der Waals surface area contributed by atoms with E-state index in [1.54, 1.807) is 24.3 Å². The SMILES string of the molecule is CC(=O)Nc1ccc(C(=O)N2CC(C)OCC2C)cc1. The van der Waals surface area contributed by atoms with Crippen molar-refractivity contribution >= 4 is 17.5 Å². The van der Waals surface area contributed by atoms with Crippen LogP contribution in [0.5, 0.6) is 0 Å². The number of anilines is 1. The van der Waals surface area contributed by atoms with E-state index in [0.717, 1.165) is 0 Å². The Hall–Kier alpha value is -1.88. The molecule has 2 rings (SSSR count). The van der Waals surface area contributed by atoms with Gasteiger partial charge in [-0.1, -0.05) is 0 Å². The Morgan fingerprint density at radius 1 is 1.25 bits per heavy atom. The lowest BCUT2D eigenvalue weighted by Gasteiger charge is -2.36. The van der Waals surface area contributed by atoms with E-state index in [2.05, 4.69) is 5.32 Å². The molecular formula is C15H20N2O3. The van der Waals surface area contributed by atoms with Crippen LogP contribution in [0.15, 0.2) is 24.3 Å². The highest BCUT2D eigenvalue weighted by molar-refractivity contribution is 5.95. The second-order valence-electron chi connectivity index (χ2n) is 5.21. The van der Waals surface area contributed by atoms with Gasteiger partial charge in [-0.2, -0.15) is 0 Å². The van der Waals surface area contributed by atoms with E-state index in [-0.39, 0.29) is 24.0 Å². The summed E-state index contributed by atoms with van der Waals surface area (Å²) < 4.78 is 5.53. The van der Waals surface area contributed by atoms with Gasteiger partial charge in [-0.3, -0.25) is 9.59 Å². The summed E-state index contributed by atoms with van der Waals surface area (Å²) in [6.07, 6.45) is 0.0637. The first-order chi connectivity index (χ1) is 9.47. The lowest BCUT2D eigenvalue weighted by molar-refractivity contribution is -0.114. The van der Waals surface area contributed by atoms with Crippen molar-refractivity contribution in [3.05, 3.63) is 29.8 Å². The highest BCUT2D eigenvalue weighted by atomic mass is 16.5. The van der Waals surface area contributed by atoms with Gasteiger partial charge in [-0.15, -0.1) is 0 Å². The smallest absolute Gasteiger partial charge is 0.254 e. The molecule has 1 N–H and O–H groups in total. The molecule has 0 radical (unpaired) electrons. The monoisotopic (exact) mass is 276 g/mol. The Morgan fingerprint density at radius 3 is 2.50 bits per heavy atom. The molecule has 5 nitrogen and oxygen atoms in total. The Labute approximate surface area is 118 Å². The molecule has 2 atom stereocenters. The van der Waals surface area contributed by atoms with Crippen molar-refractivity contribution in [3.63, 3.8) is 0 Å². The minimum Gasteiger partial charge on any atom is -0.375 e. The molecule has 1 aromatic carbocycles. The third kappa shape index (κ3) is 3.36. The van der Waals surface area contributed by atoms with E-state index < -0.39 is 0 Å². The molecule has 0 spiro atoms. The van der Waals surface area contributed by atoms with Crippen molar-refractivity contribution in [1.29, 1.82) is 0 Å². The van der Waals surface area contributed by atoms with Crippen LogP contribution in [-0.2, 0) is 9.53 Å². The van der Waals surface area contributed by atoms with Crippen molar-refractivity contribution in [2.45, 2.75) is 32.9 Å². The summed E-state index contributed by atoms with van der Waals surface area (Å²) in [7, 11) is 0. The standard InChI is InChI=1S/C15H20N2O3/c1-10-9-20-11(2)8-17(10)15(19)13-4-6-14(7-5-13)16-12(3)18/h4-7,10-11H,8-9H2,1-3H3,(H,16,18). The largest absolute Gasteiger partial charge is 0.375 e. The molecule has 5 heteroatoms. The number of carbonyl (C=O) groups is 2. The number of benzene rings is 1. The van der Waals surface area contributed by atoms with Gasteiger partial charge < -0.3 is 15.0 Å². The number of hydrogen-bond acceptors (Lipinski definition) is 3. The summed E-state index contributed by atoms with van der Waals surface area (Å²) in [5, 5.41) is 2.68. The average molecular weight is 276 g/mol. The van der Waals surface area contributed by atoms with Crippen LogP contribution in [0.3, 0.4) is 0 Å². The van der Waals surface area contributed by atoms with Crippen molar-refractivity contribution in [2.24, 2.45) is 0 Å². The number of ether oxygens (including phenoxy) is 1. The molecule has 0 aromatic heterocycles. The quantitative estimate of drug-likeness (QED) is 0.897. The highest BCUT2D eigenvalue weighted by Gasteiger charge is 2.28. The first-order valence-electron chi connectivity index (χ1n) is 6.77. The summed E-state index contributed by atoms with van der Waals surface area (Å²) in [6, 6.07) is 7.03. The van der Waals surface area contributed by atoms with Crippen LogP contribution < -0.4 is 5.32 Å². The van der Waals surface area contributed by atoms with Crippen molar-refractivity contribution in [3.8, 4) is 0 Å². The van der Waals surface area contributed by atoms with Crippen LogP contribution in [0.25, 0.3) is 0 Å². The maximum atomic E-state index is 12.5. The summed E-state index contributed by atoms with van der Waals surface area (Å²) in [5.41, 5.74) is 1.32. The summed E-state index contributed by atoms with van der Waals surface area (Å²) in [4.78, 5) is 25.3. The van der Waals surface area contributed by atoms with Crippen LogP contribution in [-0.4, -0.2) is 42.0 Å². The molecule has 1 saturated heterocycles. The minimum atomic E-state index is -0.125. The average Bonchev–Trinajstić information content (AvgIpc) is 2.41. The molecule has 1 fully saturated rings. The topological polar surface area (TPSA) is 58.6 Å². The number of carbonyl (C=O) groups excluding carboxylic acids is 2. The second kappa shape index (κ2) is 6.05. The zero-order valence-electron chi connectivity index (χ0n) is 12.1. The van der Waals surface area contributed by atoms with Gasteiger partial charge in [0.05, 0.1) is 18.8 Å². The van der Waals surface area contributed by atoms with Gasteiger partial charge in [-0.05, 0) is 38.1 Å². The molecule has 2 unspecified atom stereocenters. The first kappa shape index (κ1) is 14.5. The number of rotatable bonds is 2. The van der Waals surface area contributed by atoms with E-state index in [4.69, 9.17) is 4.74 Å². The Bertz CT molecular complexity index is 498. The third-order valence-electron chi connectivity index (χ3n) is 3.32. The highest BCUT2D eigenvalue weighted by Crippen LogP contribution is 2.17. The zero-order valence-corrected chi connectivity index (χ0v) is 12.1. The van der Waals surface area contributed by atoms with Gasteiger partial charge in [0.25, 0.3) is 5.91 Å². The predicted molar refractivity (Wildman–Crippen MR) is 76.7 cm³/mol. The molecule has 108 valence electrons. The van der Waals surface area contributed by atoms with Crippen LogP contribution in [0.2, 0.25) is 0 Å². The molecule has 0 saturated carbocycles. The molecule has 1 aromatic rings. The molecule has 2 amide bonds. The number of hydrogen-bond donors (Lipinski definition) is 1. The van der Waals surface area contributed by atoms with E-state index in [1.165, 1.54) is 6.92 Å².